The summed E-state index contributed by atoms with van der Waals surface area (Å²) in [6.45, 7) is 5.15. The minimum atomic E-state index is -0.625. The Morgan fingerprint density at radius 2 is 2.14 bits per heavy atom. The molecule has 1 unspecified atom stereocenters. The summed E-state index contributed by atoms with van der Waals surface area (Å²) in [5.74, 6) is 0.768. The monoisotopic (exact) mass is 292 g/mol. The Hall–Kier alpha value is -1.75. The van der Waals surface area contributed by atoms with Crippen LogP contribution in [-0.4, -0.2) is 24.7 Å². The molecule has 1 atom stereocenters. The fourth-order valence-corrected chi connectivity index (χ4v) is 2.07. The highest BCUT2D eigenvalue weighted by Crippen LogP contribution is 2.30. The van der Waals surface area contributed by atoms with Gasteiger partial charge in [-0.05, 0) is 43.9 Å². The van der Waals surface area contributed by atoms with E-state index in [9.17, 15) is 4.79 Å². The Kier molecular flexibility index (Phi) is 5.44. The minimum absolute atomic E-state index is 0.459. The average Bonchev–Trinajstić information content (AvgIpc) is 3.28. The fraction of sp³-hybridized carbons (Fsp3) is 0.562. The standard InChI is InChI=1S/C16H24N2O3/c1-3-13(16(17)19)21-14-8-5-11(9-15(14)20-4-2)10-18-12-6-7-12/h5,8-9,12-13,18H,3-4,6-7,10H2,1-2H3,(H2,17,19). The molecular formula is C16H24N2O3. The Labute approximate surface area is 125 Å². The lowest BCUT2D eigenvalue weighted by Gasteiger charge is -2.18. The van der Waals surface area contributed by atoms with Crippen LogP contribution in [0.2, 0.25) is 0 Å². The third-order valence-corrected chi connectivity index (χ3v) is 3.44. The first-order chi connectivity index (χ1) is 10.1. The van der Waals surface area contributed by atoms with E-state index in [0.29, 0.717) is 30.6 Å². The van der Waals surface area contributed by atoms with Gasteiger partial charge in [-0.2, -0.15) is 0 Å². The van der Waals surface area contributed by atoms with Crippen molar-refractivity contribution in [3.05, 3.63) is 23.8 Å². The number of rotatable bonds is 9. The molecule has 5 nitrogen and oxygen atoms in total. The van der Waals surface area contributed by atoms with Crippen molar-refractivity contribution in [2.45, 2.75) is 51.8 Å². The Bertz CT molecular complexity index is 486. The quantitative estimate of drug-likeness (QED) is 0.730. The topological polar surface area (TPSA) is 73.6 Å². The first kappa shape index (κ1) is 15.6. The Morgan fingerprint density at radius 3 is 2.71 bits per heavy atom. The van der Waals surface area contributed by atoms with E-state index < -0.39 is 12.0 Å². The van der Waals surface area contributed by atoms with Gasteiger partial charge in [0.1, 0.15) is 0 Å². The van der Waals surface area contributed by atoms with Crippen LogP contribution in [0.25, 0.3) is 0 Å². The van der Waals surface area contributed by atoms with Gasteiger partial charge < -0.3 is 20.5 Å². The molecule has 3 N–H and O–H groups in total. The summed E-state index contributed by atoms with van der Waals surface area (Å²) in [5.41, 5.74) is 6.47. The fourth-order valence-electron chi connectivity index (χ4n) is 2.07. The Balaban J connectivity index is 2.08. The molecule has 0 spiro atoms. The molecule has 0 heterocycles. The van der Waals surface area contributed by atoms with Gasteiger partial charge in [0.15, 0.2) is 17.6 Å². The molecule has 2 rings (SSSR count). The zero-order valence-electron chi connectivity index (χ0n) is 12.7. The van der Waals surface area contributed by atoms with Crippen LogP contribution < -0.4 is 20.5 Å². The number of hydrogen-bond acceptors (Lipinski definition) is 4. The molecule has 116 valence electrons. The highest BCUT2D eigenvalue weighted by Gasteiger charge is 2.21. The number of primary amides is 1. The zero-order valence-corrected chi connectivity index (χ0v) is 12.7. The predicted molar refractivity (Wildman–Crippen MR) is 81.4 cm³/mol. The van der Waals surface area contributed by atoms with Crippen LogP contribution in [0.15, 0.2) is 18.2 Å². The van der Waals surface area contributed by atoms with Gasteiger partial charge in [0, 0.05) is 12.6 Å². The van der Waals surface area contributed by atoms with Crippen LogP contribution in [-0.2, 0) is 11.3 Å². The predicted octanol–water partition coefficient (Wildman–Crippen LogP) is 1.98. The van der Waals surface area contributed by atoms with Crippen LogP contribution >= 0.6 is 0 Å². The van der Waals surface area contributed by atoms with Gasteiger partial charge >= 0.3 is 0 Å². The third kappa shape index (κ3) is 4.63. The second-order valence-corrected chi connectivity index (χ2v) is 5.29. The molecule has 21 heavy (non-hydrogen) atoms. The van der Waals surface area contributed by atoms with Gasteiger partial charge in [0.05, 0.1) is 6.61 Å². The van der Waals surface area contributed by atoms with Gasteiger partial charge in [-0.25, -0.2) is 0 Å². The second kappa shape index (κ2) is 7.31. The molecule has 0 radical (unpaired) electrons. The first-order valence-corrected chi connectivity index (χ1v) is 7.59. The highest BCUT2D eigenvalue weighted by atomic mass is 16.5. The van der Waals surface area contributed by atoms with E-state index in [4.69, 9.17) is 15.2 Å². The molecule has 1 aromatic carbocycles. The van der Waals surface area contributed by atoms with Crippen LogP contribution in [0.3, 0.4) is 0 Å². The molecule has 1 fully saturated rings. The second-order valence-electron chi connectivity index (χ2n) is 5.29. The van der Waals surface area contributed by atoms with Gasteiger partial charge in [-0.1, -0.05) is 13.0 Å². The lowest BCUT2D eigenvalue weighted by molar-refractivity contribution is -0.124. The molecule has 0 saturated heterocycles. The summed E-state index contributed by atoms with van der Waals surface area (Å²) in [5, 5.41) is 3.46. The largest absolute Gasteiger partial charge is 0.490 e. The number of nitrogens with one attached hydrogen (secondary N) is 1. The number of hydrogen-bond donors (Lipinski definition) is 2. The number of carbonyl (C=O) groups is 1. The van der Waals surface area contributed by atoms with Crippen LogP contribution in [0.4, 0.5) is 0 Å². The number of amides is 1. The summed E-state index contributed by atoms with van der Waals surface area (Å²) in [7, 11) is 0. The van der Waals surface area contributed by atoms with Crippen molar-refractivity contribution in [2.24, 2.45) is 5.73 Å². The van der Waals surface area contributed by atoms with Gasteiger partial charge in [-0.3, -0.25) is 4.79 Å². The normalized spacial score (nSPS) is 15.5. The maximum atomic E-state index is 11.3. The molecule has 0 aliphatic heterocycles. The van der Waals surface area contributed by atoms with Crippen molar-refractivity contribution >= 4 is 5.91 Å². The van der Waals surface area contributed by atoms with Gasteiger partial charge in [-0.15, -0.1) is 0 Å². The van der Waals surface area contributed by atoms with Crippen molar-refractivity contribution in [3.63, 3.8) is 0 Å². The van der Waals surface area contributed by atoms with Crippen molar-refractivity contribution < 1.29 is 14.3 Å². The molecule has 1 aliphatic rings. The smallest absolute Gasteiger partial charge is 0.258 e. The maximum absolute atomic E-state index is 11.3. The molecule has 1 aliphatic carbocycles. The van der Waals surface area contributed by atoms with E-state index in [1.54, 1.807) is 0 Å². The summed E-state index contributed by atoms with van der Waals surface area (Å²) >= 11 is 0. The zero-order chi connectivity index (χ0) is 15.2. The van der Waals surface area contributed by atoms with Crippen LogP contribution in [0.1, 0.15) is 38.7 Å². The molecule has 0 aromatic heterocycles. The van der Waals surface area contributed by atoms with E-state index >= 15 is 0 Å². The third-order valence-electron chi connectivity index (χ3n) is 3.44. The Morgan fingerprint density at radius 1 is 1.38 bits per heavy atom. The minimum Gasteiger partial charge on any atom is -0.490 e. The lowest BCUT2D eigenvalue weighted by atomic mass is 10.2. The molecule has 0 bridgehead atoms. The van der Waals surface area contributed by atoms with E-state index in [-0.39, 0.29) is 0 Å². The SMILES string of the molecule is CCOc1cc(CNC2CC2)ccc1OC(CC)C(N)=O. The summed E-state index contributed by atoms with van der Waals surface area (Å²) in [6.07, 6.45) is 2.43. The summed E-state index contributed by atoms with van der Waals surface area (Å²) in [4.78, 5) is 11.3. The average molecular weight is 292 g/mol. The molecule has 1 amide bonds. The first-order valence-electron chi connectivity index (χ1n) is 7.59. The van der Waals surface area contributed by atoms with Gasteiger partial charge in [0.2, 0.25) is 0 Å². The van der Waals surface area contributed by atoms with Crippen molar-refractivity contribution in [2.75, 3.05) is 6.61 Å². The number of nitrogens with two attached hydrogens (primary N) is 1. The van der Waals surface area contributed by atoms with Gasteiger partial charge in [0.25, 0.3) is 5.91 Å². The lowest BCUT2D eigenvalue weighted by Crippen LogP contribution is -2.33. The molecule has 1 saturated carbocycles. The maximum Gasteiger partial charge on any atom is 0.258 e. The number of carbonyl (C=O) groups excluding carboxylic acids is 1. The van der Waals surface area contributed by atoms with Crippen molar-refractivity contribution in [1.82, 2.24) is 5.32 Å². The van der Waals surface area contributed by atoms with E-state index in [1.807, 2.05) is 32.0 Å². The highest BCUT2D eigenvalue weighted by molar-refractivity contribution is 5.79. The van der Waals surface area contributed by atoms with E-state index in [1.165, 1.54) is 12.8 Å². The van der Waals surface area contributed by atoms with E-state index in [2.05, 4.69) is 5.32 Å². The van der Waals surface area contributed by atoms with Crippen molar-refractivity contribution in [1.29, 1.82) is 0 Å². The van der Waals surface area contributed by atoms with Crippen LogP contribution in [0, 0.1) is 0 Å². The number of benzene rings is 1. The van der Waals surface area contributed by atoms with Crippen LogP contribution in [0.5, 0.6) is 11.5 Å². The molecule has 5 heteroatoms. The summed E-state index contributed by atoms with van der Waals surface area (Å²) < 4.78 is 11.3. The molecule has 1 aromatic rings. The number of ether oxygens (including phenoxy) is 2. The van der Waals surface area contributed by atoms with E-state index in [0.717, 1.165) is 12.1 Å². The summed E-state index contributed by atoms with van der Waals surface area (Å²) in [6, 6.07) is 6.46. The van der Waals surface area contributed by atoms with Crippen molar-refractivity contribution in [3.8, 4) is 11.5 Å². The molecular weight excluding hydrogens is 268 g/mol.